The zero-order valence-corrected chi connectivity index (χ0v) is 14.7. The molecule has 2 N–H and O–H groups in total. The normalized spacial score (nSPS) is 14.3. The summed E-state index contributed by atoms with van der Waals surface area (Å²) in [7, 11) is -4.31. The summed E-state index contributed by atoms with van der Waals surface area (Å²) in [5.74, 6) is -0.926. The zero-order chi connectivity index (χ0) is 17.0. The standard InChI is InChI=1S/C16H31NO4S/c1-4-6-7-8-9-10-11-12-13-14(3)16(22(19,20)21)17-15(18)5-2/h5,14,16H,2,4,6-13H2,1,3H3,(H,17,18)(H,19,20,21). The van der Waals surface area contributed by atoms with Crippen LogP contribution in [0.25, 0.3) is 0 Å². The van der Waals surface area contributed by atoms with Crippen LogP contribution >= 0.6 is 0 Å². The molecule has 6 heteroatoms. The van der Waals surface area contributed by atoms with Gasteiger partial charge in [-0.25, -0.2) is 0 Å². The van der Waals surface area contributed by atoms with Gasteiger partial charge in [-0.05, 0) is 18.4 Å². The second-order valence-corrected chi connectivity index (χ2v) is 7.43. The predicted octanol–water partition coefficient (Wildman–Crippen LogP) is 3.67. The minimum atomic E-state index is -4.31. The Morgan fingerprint density at radius 1 is 1.14 bits per heavy atom. The van der Waals surface area contributed by atoms with E-state index in [9.17, 15) is 17.8 Å². The lowest BCUT2D eigenvalue weighted by atomic mass is 10.0. The van der Waals surface area contributed by atoms with Gasteiger partial charge in [-0.3, -0.25) is 9.35 Å². The van der Waals surface area contributed by atoms with E-state index < -0.39 is 21.4 Å². The maximum Gasteiger partial charge on any atom is 0.286 e. The Morgan fingerprint density at radius 3 is 2.09 bits per heavy atom. The van der Waals surface area contributed by atoms with Gasteiger partial charge in [0.05, 0.1) is 0 Å². The number of hydrogen-bond donors (Lipinski definition) is 2. The van der Waals surface area contributed by atoms with Crippen LogP contribution in [0.1, 0.15) is 71.6 Å². The number of carbonyl (C=O) groups excluding carboxylic acids is 1. The Labute approximate surface area is 135 Å². The Balaban J connectivity index is 4.06. The largest absolute Gasteiger partial charge is 0.334 e. The first kappa shape index (κ1) is 21.1. The highest BCUT2D eigenvalue weighted by Gasteiger charge is 2.29. The molecule has 0 saturated carbocycles. The van der Waals surface area contributed by atoms with Crippen LogP contribution < -0.4 is 5.32 Å². The van der Waals surface area contributed by atoms with Crippen LogP contribution in [0.4, 0.5) is 0 Å². The first-order valence-electron chi connectivity index (χ1n) is 8.22. The maximum atomic E-state index is 11.4. The third-order valence-electron chi connectivity index (χ3n) is 3.82. The van der Waals surface area contributed by atoms with Gasteiger partial charge in [-0.15, -0.1) is 0 Å². The number of rotatable bonds is 13. The number of carbonyl (C=O) groups is 1. The van der Waals surface area contributed by atoms with E-state index in [1.54, 1.807) is 6.92 Å². The predicted molar refractivity (Wildman–Crippen MR) is 90.1 cm³/mol. The summed E-state index contributed by atoms with van der Waals surface area (Å²) in [6.07, 6.45) is 11.0. The van der Waals surface area contributed by atoms with Gasteiger partial charge < -0.3 is 5.32 Å². The van der Waals surface area contributed by atoms with Gasteiger partial charge in [0.15, 0.2) is 5.37 Å². The van der Waals surface area contributed by atoms with E-state index in [0.29, 0.717) is 6.42 Å². The van der Waals surface area contributed by atoms with E-state index in [0.717, 1.165) is 25.3 Å². The fraction of sp³-hybridized carbons (Fsp3) is 0.812. The average molecular weight is 333 g/mol. The molecule has 2 unspecified atom stereocenters. The average Bonchev–Trinajstić information content (AvgIpc) is 2.45. The summed E-state index contributed by atoms with van der Waals surface area (Å²) in [5, 5.41) is 1.03. The zero-order valence-electron chi connectivity index (χ0n) is 13.9. The smallest absolute Gasteiger partial charge is 0.286 e. The number of nitrogens with one attached hydrogen (secondary N) is 1. The maximum absolute atomic E-state index is 11.4. The molecule has 0 aliphatic rings. The molecule has 0 fully saturated rings. The highest BCUT2D eigenvalue weighted by atomic mass is 32.2. The molecule has 0 aliphatic heterocycles. The van der Waals surface area contributed by atoms with Gasteiger partial charge in [-0.1, -0.05) is 71.8 Å². The van der Waals surface area contributed by atoms with Crippen LogP contribution in [0, 0.1) is 5.92 Å². The summed E-state index contributed by atoms with van der Waals surface area (Å²) in [6.45, 7) is 7.20. The Bertz CT molecular complexity index is 420. The van der Waals surface area contributed by atoms with Crippen LogP contribution in [-0.2, 0) is 14.9 Å². The second kappa shape index (κ2) is 11.7. The van der Waals surface area contributed by atoms with E-state index in [1.807, 2.05) is 0 Å². The molecule has 0 radical (unpaired) electrons. The molecule has 0 aliphatic carbocycles. The summed E-state index contributed by atoms with van der Waals surface area (Å²) in [4.78, 5) is 11.3. The lowest BCUT2D eigenvalue weighted by molar-refractivity contribution is -0.117. The van der Waals surface area contributed by atoms with E-state index >= 15 is 0 Å². The van der Waals surface area contributed by atoms with Crippen molar-refractivity contribution in [2.75, 3.05) is 0 Å². The van der Waals surface area contributed by atoms with Gasteiger partial charge in [0, 0.05) is 0 Å². The Kier molecular flexibility index (Phi) is 11.2. The van der Waals surface area contributed by atoms with Crippen molar-refractivity contribution in [3.63, 3.8) is 0 Å². The van der Waals surface area contributed by atoms with Crippen molar-refractivity contribution in [2.24, 2.45) is 5.92 Å². The fourth-order valence-electron chi connectivity index (χ4n) is 2.46. The monoisotopic (exact) mass is 333 g/mol. The highest BCUT2D eigenvalue weighted by Crippen LogP contribution is 2.18. The molecule has 22 heavy (non-hydrogen) atoms. The molecule has 0 aromatic heterocycles. The molecule has 0 saturated heterocycles. The van der Waals surface area contributed by atoms with Gasteiger partial charge in [-0.2, -0.15) is 8.42 Å². The van der Waals surface area contributed by atoms with Crippen LogP contribution in [-0.4, -0.2) is 24.3 Å². The van der Waals surface area contributed by atoms with Crippen LogP contribution in [0.2, 0.25) is 0 Å². The Morgan fingerprint density at radius 2 is 1.64 bits per heavy atom. The summed E-state index contributed by atoms with van der Waals surface area (Å²) >= 11 is 0. The fourth-order valence-corrected chi connectivity index (χ4v) is 3.45. The molecule has 2 atom stereocenters. The Hall–Kier alpha value is -0.880. The minimum absolute atomic E-state index is 0.334. The van der Waals surface area contributed by atoms with Crippen LogP contribution in [0.5, 0.6) is 0 Å². The first-order chi connectivity index (χ1) is 10.3. The summed E-state index contributed by atoms with van der Waals surface area (Å²) in [5.41, 5.74) is 0. The van der Waals surface area contributed by atoms with E-state index in [2.05, 4.69) is 18.8 Å². The van der Waals surface area contributed by atoms with Crippen molar-refractivity contribution in [1.82, 2.24) is 5.32 Å². The number of amides is 1. The molecule has 130 valence electrons. The topological polar surface area (TPSA) is 83.5 Å². The molecule has 0 heterocycles. The molecule has 5 nitrogen and oxygen atoms in total. The molecule has 0 aromatic rings. The van der Waals surface area contributed by atoms with E-state index in [4.69, 9.17) is 0 Å². The molecule has 0 rings (SSSR count). The molecule has 0 spiro atoms. The lowest BCUT2D eigenvalue weighted by Gasteiger charge is -2.21. The van der Waals surface area contributed by atoms with Crippen LogP contribution in [0.15, 0.2) is 12.7 Å². The molecule has 1 amide bonds. The van der Waals surface area contributed by atoms with Gasteiger partial charge in [0.2, 0.25) is 5.91 Å². The van der Waals surface area contributed by atoms with E-state index in [-0.39, 0.29) is 5.92 Å². The molecule has 0 aromatic carbocycles. The molecular formula is C16H31NO4S. The second-order valence-electron chi connectivity index (χ2n) is 5.89. The van der Waals surface area contributed by atoms with Crippen molar-refractivity contribution >= 4 is 16.0 Å². The lowest BCUT2D eigenvalue weighted by Crippen LogP contribution is -2.44. The summed E-state index contributed by atoms with van der Waals surface area (Å²) < 4.78 is 32.0. The van der Waals surface area contributed by atoms with Crippen molar-refractivity contribution in [3.8, 4) is 0 Å². The first-order valence-corrected chi connectivity index (χ1v) is 9.72. The van der Waals surface area contributed by atoms with Crippen molar-refractivity contribution in [2.45, 2.75) is 77.0 Å². The van der Waals surface area contributed by atoms with Gasteiger partial charge >= 0.3 is 0 Å². The third-order valence-corrected chi connectivity index (χ3v) is 5.04. The quantitative estimate of drug-likeness (QED) is 0.306. The highest BCUT2D eigenvalue weighted by molar-refractivity contribution is 7.86. The third kappa shape index (κ3) is 9.95. The number of hydrogen-bond acceptors (Lipinski definition) is 3. The van der Waals surface area contributed by atoms with Crippen molar-refractivity contribution in [3.05, 3.63) is 12.7 Å². The molecular weight excluding hydrogens is 302 g/mol. The van der Waals surface area contributed by atoms with Gasteiger partial charge in [0.1, 0.15) is 0 Å². The van der Waals surface area contributed by atoms with Crippen molar-refractivity contribution < 1.29 is 17.8 Å². The minimum Gasteiger partial charge on any atom is -0.334 e. The SMILES string of the molecule is C=CC(=O)NC(C(C)CCCCCCCCCC)S(=O)(=O)O. The number of unbranched alkanes of at least 4 members (excludes halogenated alkanes) is 7. The summed E-state index contributed by atoms with van der Waals surface area (Å²) in [6, 6.07) is 0. The van der Waals surface area contributed by atoms with E-state index in [1.165, 1.54) is 32.1 Å². The molecule has 0 bridgehead atoms. The van der Waals surface area contributed by atoms with Crippen LogP contribution in [0.3, 0.4) is 0 Å². The van der Waals surface area contributed by atoms with Crippen molar-refractivity contribution in [1.29, 1.82) is 0 Å². The van der Waals surface area contributed by atoms with Gasteiger partial charge in [0.25, 0.3) is 10.1 Å².